The normalized spacial score (nSPS) is 18.8. The molecule has 32 heavy (non-hydrogen) atoms. The van der Waals surface area contributed by atoms with E-state index in [0.717, 1.165) is 58.3 Å². The van der Waals surface area contributed by atoms with Gasteiger partial charge in [0.25, 0.3) is 0 Å². The number of ether oxygens (including phenoxy) is 5. The molecule has 0 fully saturated rings. The molecule has 0 amide bonds. The second-order valence-electron chi connectivity index (χ2n) is 8.00. The highest BCUT2D eigenvalue weighted by Gasteiger charge is 2.32. The van der Waals surface area contributed by atoms with Crippen LogP contribution in [0.5, 0.6) is 28.7 Å². The van der Waals surface area contributed by atoms with E-state index in [1.165, 1.54) is 0 Å². The Kier molecular flexibility index (Phi) is 5.63. The molecule has 0 aliphatic carbocycles. The molecule has 0 bridgehead atoms. The van der Waals surface area contributed by atoms with Crippen molar-refractivity contribution >= 4 is 6.08 Å². The quantitative estimate of drug-likeness (QED) is 0.492. The molecule has 0 saturated heterocycles. The van der Waals surface area contributed by atoms with Crippen LogP contribution in [-0.4, -0.2) is 21.0 Å². The van der Waals surface area contributed by atoms with Crippen LogP contribution >= 0.6 is 0 Å². The molecule has 2 heterocycles. The summed E-state index contributed by atoms with van der Waals surface area (Å²) in [6.07, 6.45) is 6.10. The molecule has 0 saturated carbocycles. The van der Waals surface area contributed by atoms with Gasteiger partial charge in [0.1, 0.15) is 23.4 Å². The zero-order valence-corrected chi connectivity index (χ0v) is 18.2. The number of rotatable bonds is 6. The lowest BCUT2D eigenvalue weighted by Crippen LogP contribution is -2.25. The summed E-state index contributed by atoms with van der Waals surface area (Å²) in [5.41, 5.74) is 3.44. The molecule has 5 heteroatoms. The van der Waals surface area contributed by atoms with Crippen molar-refractivity contribution in [1.29, 1.82) is 0 Å². The standard InChI is InChI=1S/C27H26O5/c1-28-22-10-6-18(7-11-22)4-3-5-20-14-21-15-25-26(31-17-30-25)16-24(21)32-27(20)19-8-12-23(29-2)13-9-19/h3-4,6-13,15-16,20,27H,5,14,17H2,1-2H3/b4-3-/t20-,27-/m1/s1. The first kappa shape index (κ1) is 20.3. The Morgan fingerprint density at radius 3 is 2.19 bits per heavy atom. The minimum atomic E-state index is -0.0608. The summed E-state index contributed by atoms with van der Waals surface area (Å²) in [6.45, 7) is 0.258. The number of fused-ring (bicyclic) bond motifs is 2. The fraction of sp³-hybridized carbons (Fsp3) is 0.259. The van der Waals surface area contributed by atoms with Gasteiger partial charge in [-0.1, -0.05) is 36.4 Å². The Balaban J connectivity index is 1.40. The molecule has 5 rings (SSSR count). The average Bonchev–Trinajstić information content (AvgIpc) is 3.30. The number of hydrogen-bond donors (Lipinski definition) is 0. The predicted molar refractivity (Wildman–Crippen MR) is 123 cm³/mol. The zero-order valence-electron chi connectivity index (χ0n) is 18.2. The molecule has 2 atom stereocenters. The van der Waals surface area contributed by atoms with Gasteiger partial charge in [-0.05, 0) is 59.9 Å². The lowest BCUT2D eigenvalue weighted by Gasteiger charge is -2.34. The third-order valence-electron chi connectivity index (χ3n) is 6.03. The van der Waals surface area contributed by atoms with Crippen LogP contribution in [0.1, 0.15) is 29.2 Å². The number of allylic oxidation sites excluding steroid dienone is 1. The van der Waals surface area contributed by atoms with Gasteiger partial charge >= 0.3 is 0 Å². The topological polar surface area (TPSA) is 46.2 Å². The highest BCUT2D eigenvalue weighted by atomic mass is 16.7. The van der Waals surface area contributed by atoms with E-state index in [0.29, 0.717) is 0 Å². The number of hydrogen-bond acceptors (Lipinski definition) is 5. The van der Waals surface area contributed by atoms with Crippen LogP contribution < -0.4 is 23.7 Å². The maximum Gasteiger partial charge on any atom is 0.231 e. The van der Waals surface area contributed by atoms with Gasteiger partial charge in [-0.25, -0.2) is 0 Å². The van der Waals surface area contributed by atoms with Crippen molar-refractivity contribution in [3.05, 3.63) is 83.4 Å². The molecule has 0 aromatic heterocycles. The van der Waals surface area contributed by atoms with Crippen molar-refractivity contribution < 1.29 is 23.7 Å². The predicted octanol–water partition coefficient (Wildman–Crippen LogP) is 5.83. The van der Waals surface area contributed by atoms with Gasteiger partial charge < -0.3 is 23.7 Å². The van der Waals surface area contributed by atoms with E-state index in [1.807, 2.05) is 30.3 Å². The van der Waals surface area contributed by atoms with Crippen LogP contribution in [0.15, 0.2) is 66.7 Å². The summed E-state index contributed by atoms with van der Waals surface area (Å²) >= 11 is 0. The summed E-state index contributed by atoms with van der Waals surface area (Å²) in [6, 6.07) is 20.2. The summed E-state index contributed by atoms with van der Waals surface area (Å²) in [5.74, 6) is 4.39. The van der Waals surface area contributed by atoms with Crippen molar-refractivity contribution in [1.82, 2.24) is 0 Å². The van der Waals surface area contributed by atoms with Gasteiger partial charge in [0.2, 0.25) is 6.79 Å². The van der Waals surface area contributed by atoms with E-state index in [9.17, 15) is 0 Å². The number of benzene rings is 3. The van der Waals surface area contributed by atoms with Crippen molar-refractivity contribution in [2.75, 3.05) is 21.0 Å². The highest BCUT2D eigenvalue weighted by Crippen LogP contribution is 2.46. The smallest absolute Gasteiger partial charge is 0.231 e. The molecule has 0 spiro atoms. The molecule has 2 aliphatic heterocycles. The Morgan fingerprint density at radius 2 is 1.50 bits per heavy atom. The molecule has 164 valence electrons. The summed E-state index contributed by atoms with van der Waals surface area (Å²) in [4.78, 5) is 0. The SMILES string of the molecule is COc1ccc(/C=C\C[C@@H]2Cc3cc4c(cc3O[C@@H]2c2ccc(OC)cc2)OCO4)cc1. The van der Waals surface area contributed by atoms with E-state index < -0.39 is 0 Å². The second kappa shape index (κ2) is 8.87. The van der Waals surface area contributed by atoms with E-state index in [2.05, 4.69) is 42.5 Å². The first-order valence-electron chi connectivity index (χ1n) is 10.8. The third kappa shape index (κ3) is 4.11. The highest BCUT2D eigenvalue weighted by molar-refractivity contribution is 5.54. The molecule has 3 aromatic rings. The third-order valence-corrected chi connectivity index (χ3v) is 6.03. The van der Waals surface area contributed by atoms with Gasteiger partial charge in [-0.2, -0.15) is 0 Å². The van der Waals surface area contributed by atoms with E-state index in [-0.39, 0.29) is 18.8 Å². The van der Waals surface area contributed by atoms with Crippen molar-refractivity contribution in [2.24, 2.45) is 5.92 Å². The lowest BCUT2D eigenvalue weighted by atomic mass is 9.84. The molecular formula is C27H26O5. The van der Waals surface area contributed by atoms with E-state index in [1.54, 1.807) is 14.2 Å². The average molecular weight is 431 g/mol. The molecule has 0 unspecified atom stereocenters. The second-order valence-corrected chi connectivity index (χ2v) is 8.00. The minimum absolute atomic E-state index is 0.0608. The molecule has 5 nitrogen and oxygen atoms in total. The van der Waals surface area contributed by atoms with E-state index >= 15 is 0 Å². The Bertz CT molecular complexity index is 1100. The maximum absolute atomic E-state index is 6.54. The van der Waals surface area contributed by atoms with Gasteiger partial charge in [0.15, 0.2) is 11.5 Å². The van der Waals surface area contributed by atoms with Gasteiger partial charge in [-0.3, -0.25) is 0 Å². The molecular weight excluding hydrogens is 404 g/mol. The summed E-state index contributed by atoms with van der Waals surface area (Å²) in [7, 11) is 3.36. The summed E-state index contributed by atoms with van der Waals surface area (Å²) < 4.78 is 28.2. The molecule has 2 aliphatic rings. The number of methoxy groups -OCH3 is 2. The van der Waals surface area contributed by atoms with Crippen LogP contribution in [-0.2, 0) is 6.42 Å². The first-order chi connectivity index (χ1) is 15.7. The Morgan fingerprint density at radius 1 is 0.844 bits per heavy atom. The molecule has 0 N–H and O–H groups in total. The van der Waals surface area contributed by atoms with Gasteiger partial charge in [0.05, 0.1) is 14.2 Å². The monoisotopic (exact) mass is 430 g/mol. The first-order valence-corrected chi connectivity index (χ1v) is 10.8. The van der Waals surface area contributed by atoms with Crippen LogP contribution in [0.4, 0.5) is 0 Å². The van der Waals surface area contributed by atoms with Crippen molar-refractivity contribution in [2.45, 2.75) is 18.9 Å². The Hall–Kier alpha value is -3.60. The van der Waals surface area contributed by atoms with Gasteiger partial charge in [0, 0.05) is 12.0 Å². The molecule has 3 aromatic carbocycles. The van der Waals surface area contributed by atoms with Crippen molar-refractivity contribution in [3.8, 4) is 28.7 Å². The Labute approximate surface area is 188 Å². The van der Waals surface area contributed by atoms with Crippen LogP contribution in [0.3, 0.4) is 0 Å². The van der Waals surface area contributed by atoms with Crippen LogP contribution in [0.25, 0.3) is 6.08 Å². The summed E-state index contributed by atoms with van der Waals surface area (Å²) in [5, 5.41) is 0. The van der Waals surface area contributed by atoms with Gasteiger partial charge in [-0.15, -0.1) is 0 Å². The maximum atomic E-state index is 6.54. The lowest BCUT2D eigenvalue weighted by molar-refractivity contribution is 0.114. The van der Waals surface area contributed by atoms with Crippen LogP contribution in [0, 0.1) is 5.92 Å². The molecule has 0 radical (unpaired) electrons. The minimum Gasteiger partial charge on any atom is -0.497 e. The largest absolute Gasteiger partial charge is 0.497 e. The zero-order chi connectivity index (χ0) is 21.9. The van der Waals surface area contributed by atoms with E-state index in [4.69, 9.17) is 23.7 Å². The fourth-order valence-corrected chi connectivity index (χ4v) is 4.29. The fourth-order valence-electron chi connectivity index (χ4n) is 4.29. The van der Waals surface area contributed by atoms with Crippen LogP contribution in [0.2, 0.25) is 0 Å². The van der Waals surface area contributed by atoms with Crippen molar-refractivity contribution in [3.63, 3.8) is 0 Å².